The molecule has 0 bridgehead atoms. The Morgan fingerprint density at radius 3 is 2.88 bits per heavy atom. The van der Waals surface area contributed by atoms with Crippen molar-refractivity contribution in [2.45, 2.75) is 12.8 Å². The first kappa shape index (κ1) is 20.1. The monoisotopic (exact) mass is 455 g/mol. The molecular formula is C22H15F2N3O4S. The van der Waals surface area contributed by atoms with Crippen LogP contribution in [-0.2, 0) is 11.2 Å². The summed E-state index contributed by atoms with van der Waals surface area (Å²) in [7, 11) is 0. The first-order valence-electron chi connectivity index (χ1n) is 9.61. The van der Waals surface area contributed by atoms with Crippen molar-refractivity contribution in [2.75, 3.05) is 12.1 Å². The summed E-state index contributed by atoms with van der Waals surface area (Å²) in [6, 6.07) is 8.72. The van der Waals surface area contributed by atoms with Crippen LogP contribution >= 0.6 is 11.3 Å². The second-order valence-corrected chi connectivity index (χ2v) is 7.75. The van der Waals surface area contributed by atoms with Crippen LogP contribution in [0.4, 0.5) is 13.9 Å². The number of hydrogen-bond donors (Lipinski definition) is 1. The molecule has 10 heteroatoms. The molecule has 1 aliphatic heterocycles. The molecule has 0 atom stereocenters. The predicted molar refractivity (Wildman–Crippen MR) is 112 cm³/mol. The SMILES string of the molecule is O=C(CCc1ncc(-c2ccc(F)cc2F)o1)Nc1nc(-c2ccc3c(c2)OCO3)cs1. The van der Waals surface area contributed by atoms with Crippen molar-refractivity contribution in [1.82, 2.24) is 9.97 Å². The first-order valence-corrected chi connectivity index (χ1v) is 10.5. The predicted octanol–water partition coefficient (Wildman–Crippen LogP) is 5.04. The molecule has 0 fully saturated rings. The second kappa shape index (κ2) is 8.39. The second-order valence-electron chi connectivity index (χ2n) is 6.90. The Hall–Kier alpha value is -3.79. The summed E-state index contributed by atoms with van der Waals surface area (Å²) in [6.07, 6.45) is 1.67. The standard InChI is InChI=1S/C22H15F2N3O4S/c23-13-2-3-14(15(24)8-13)19-9-25-21(31-19)6-5-20(28)27-22-26-16(10-32-22)12-1-4-17-18(7-12)30-11-29-17/h1-4,7-10H,5-6,11H2,(H,26,27,28). The van der Waals surface area contributed by atoms with Crippen molar-refractivity contribution >= 4 is 22.4 Å². The summed E-state index contributed by atoms with van der Waals surface area (Å²) in [5.41, 5.74) is 1.67. The number of aryl methyl sites for hydroxylation is 1. The zero-order chi connectivity index (χ0) is 22.1. The molecule has 7 nitrogen and oxygen atoms in total. The highest BCUT2D eigenvalue weighted by Crippen LogP contribution is 2.36. The first-order chi connectivity index (χ1) is 15.5. The Balaban J connectivity index is 1.19. The van der Waals surface area contributed by atoms with Crippen molar-refractivity contribution in [3.63, 3.8) is 0 Å². The van der Waals surface area contributed by atoms with Gasteiger partial charge in [0.05, 0.1) is 17.5 Å². The number of nitrogens with one attached hydrogen (secondary N) is 1. The van der Waals surface area contributed by atoms with Crippen molar-refractivity contribution in [3.05, 3.63) is 65.5 Å². The van der Waals surface area contributed by atoms with Gasteiger partial charge >= 0.3 is 0 Å². The van der Waals surface area contributed by atoms with Gasteiger partial charge in [-0.1, -0.05) is 0 Å². The molecule has 1 amide bonds. The number of hydrogen-bond acceptors (Lipinski definition) is 7. The van der Waals surface area contributed by atoms with Gasteiger partial charge in [0.15, 0.2) is 28.3 Å². The lowest BCUT2D eigenvalue weighted by atomic mass is 10.1. The minimum atomic E-state index is -0.743. The van der Waals surface area contributed by atoms with Crippen LogP contribution in [0.2, 0.25) is 0 Å². The number of oxazole rings is 1. The van der Waals surface area contributed by atoms with Gasteiger partial charge in [-0.2, -0.15) is 0 Å². The van der Waals surface area contributed by atoms with Crippen LogP contribution in [0.15, 0.2) is 52.4 Å². The molecule has 0 aliphatic carbocycles. The number of benzene rings is 2. The van der Waals surface area contributed by atoms with E-state index in [0.717, 1.165) is 17.7 Å². The van der Waals surface area contributed by atoms with Crippen molar-refractivity contribution in [1.29, 1.82) is 0 Å². The van der Waals surface area contributed by atoms with Gasteiger partial charge in [-0.05, 0) is 30.3 Å². The molecule has 162 valence electrons. The molecule has 1 N–H and O–H groups in total. The molecule has 0 spiro atoms. The van der Waals surface area contributed by atoms with E-state index in [1.807, 2.05) is 23.6 Å². The maximum absolute atomic E-state index is 13.9. The molecule has 1 aliphatic rings. The fourth-order valence-electron chi connectivity index (χ4n) is 3.16. The number of fused-ring (bicyclic) bond motifs is 1. The van der Waals surface area contributed by atoms with Crippen LogP contribution in [0, 0.1) is 11.6 Å². The molecular weight excluding hydrogens is 440 g/mol. The van der Waals surface area contributed by atoms with Gasteiger partial charge < -0.3 is 19.2 Å². The third-order valence-corrected chi connectivity index (χ3v) is 5.49. The van der Waals surface area contributed by atoms with E-state index in [0.29, 0.717) is 22.3 Å². The molecule has 0 unspecified atom stereocenters. The summed E-state index contributed by atoms with van der Waals surface area (Å²) in [5.74, 6) is 0.120. The van der Waals surface area contributed by atoms with E-state index in [2.05, 4.69) is 15.3 Å². The lowest BCUT2D eigenvalue weighted by molar-refractivity contribution is -0.116. The summed E-state index contributed by atoms with van der Waals surface area (Å²) < 4.78 is 43.1. The molecule has 2 aromatic heterocycles. The van der Waals surface area contributed by atoms with E-state index in [4.69, 9.17) is 13.9 Å². The number of amides is 1. The maximum Gasteiger partial charge on any atom is 0.231 e. The number of nitrogens with zero attached hydrogens (tertiary/aromatic N) is 2. The van der Waals surface area contributed by atoms with Gasteiger partial charge in [0.1, 0.15) is 11.6 Å². The average Bonchev–Trinajstić information content (AvgIpc) is 3.52. The van der Waals surface area contributed by atoms with Crippen molar-refractivity contribution < 1.29 is 27.5 Å². The third-order valence-electron chi connectivity index (χ3n) is 4.73. The third kappa shape index (κ3) is 4.17. The molecule has 4 aromatic rings. The van der Waals surface area contributed by atoms with E-state index in [1.165, 1.54) is 23.6 Å². The highest BCUT2D eigenvalue weighted by atomic mass is 32.1. The van der Waals surface area contributed by atoms with E-state index in [9.17, 15) is 13.6 Å². The van der Waals surface area contributed by atoms with E-state index in [-0.39, 0.29) is 42.8 Å². The molecule has 2 aromatic carbocycles. The average molecular weight is 455 g/mol. The largest absolute Gasteiger partial charge is 0.454 e. The number of anilines is 1. The van der Waals surface area contributed by atoms with Crippen LogP contribution in [-0.4, -0.2) is 22.7 Å². The summed E-state index contributed by atoms with van der Waals surface area (Å²) >= 11 is 1.31. The summed E-state index contributed by atoms with van der Waals surface area (Å²) in [6.45, 7) is 0.196. The van der Waals surface area contributed by atoms with Crippen LogP contribution < -0.4 is 14.8 Å². The quantitative estimate of drug-likeness (QED) is 0.438. The van der Waals surface area contributed by atoms with Crippen LogP contribution in [0.1, 0.15) is 12.3 Å². The van der Waals surface area contributed by atoms with Gasteiger partial charge in [0, 0.05) is 29.9 Å². The molecule has 0 saturated carbocycles. The number of halogens is 2. The minimum Gasteiger partial charge on any atom is -0.454 e. The number of rotatable bonds is 6. The Morgan fingerprint density at radius 1 is 1.12 bits per heavy atom. The fourth-order valence-corrected chi connectivity index (χ4v) is 3.90. The smallest absolute Gasteiger partial charge is 0.231 e. The Kier molecular flexibility index (Phi) is 5.28. The van der Waals surface area contributed by atoms with E-state index in [1.54, 1.807) is 0 Å². The minimum absolute atomic E-state index is 0.102. The molecule has 3 heterocycles. The van der Waals surface area contributed by atoms with Gasteiger partial charge in [-0.3, -0.25) is 4.79 Å². The molecule has 5 rings (SSSR count). The van der Waals surface area contributed by atoms with Gasteiger partial charge in [0.2, 0.25) is 12.7 Å². The summed E-state index contributed by atoms with van der Waals surface area (Å²) in [4.78, 5) is 20.8. The van der Waals surface area contributed by atoms with Crippen molar-refractivity contribution in [3.8, 4) is 34.1 Å². The van der Waals surface area contributed by atoms with Gasteiger partial charge in [-0.15, -0.1) is 11.3 Å². The van der Waals surface area contributed by atoms with Gasteiger partial charge in [-0.25, -0.2) is 18.7 Å². The number of carbonyl (C=O) groups excluding carboxylic acids is 1. The maximum atomic E-state index is 13.9. The zero-order valence-electron chi connectivity index (χ0n) is 16.4. The molecule has 32 heavy (non-hydrogen) atoms. The van der Waals surface area contributed by atoms with E-state index < -0.39 is 11.6 Å². The Labute approximate surface area is 184 Å². The number of aromatic nitrogens is 2. The number of thiazole rings is 1. The number of carbonyl (C=O) groups is 1. The van der Waals surface area contributed by atoms with E-state index >= 15 is 0 Å². The van der Waals surface area contributed by atoms with Crippen LogP contribution in [0.25, 0.3) is 22.6 Å². The molecule has 0 saturated heterocycles. The van der Waals surface area contributed by atoms with Crippen LogP contribution in [0.3, 0.4) is 0 Å². The highest BCUT2D eigenvalue weighted by molar-refractivity contribution is 7.14. The van der Waals surface area contributed by atoms with Crippen molar-refractivity contribution in [2.24, 2.45) is 0 Å². The van der Waals surface area contributed by atoms with Crippen LogP contribution in [0.5, 0.6) is 11.5 Å². The normalized spacial score (nSPS) is 12.2. The summed E-state index contributed by atoms with van der Waals surface area (Å²) in [5, 5.41) is 5.05. The lowest BCUT2D eigenvalue weighted by Crippen LogP contribution is -2.12. The zero-order valence-corrected chi connectivity index (χ0v) is 17.2. The fraction of sp³-hybridized carbons (Fsp3) is 0.136. The van der Waals surface area contributed by atoms with Gasteiger partial charge in [0.25, 0.3) is 0 Å². The number of ether oxygens (including phenoxy) is 2. The Morgan fingerprint density at radius 2 is 2.00 bits per heavy atom. The topological polar surface area (TPSA) is 86.5 Å². The Bertz CT molecular complexity index is 1300. The highest BCUT2D eigenvalue weighted by Gasteiger charge is 2.16. The molecule has 0 radical (unpaired) electrons. The lowest BCUT2D eigenvalue weighted by Gasteiger charge is -2.01.